The van der Waals surface area contributed by atoms with Gasteiger partial charge in [0.15, 0.2) is 0 Å². The van der Waals surface area contributed by atoms with Gasteiger partial charge in [0.25, 0.3) is 0 Å². The molecule has 5 heteroatoms. The van der Waals surface area contributed by atoms with Gasteiger partial charge < -0.3 is 9.88 Å². The molecule has 0 radical (unpaired) electrons. The lowest BCUT2D eigenvalue weighted by Crippen LogP contribution is -2.30. The van der Waals surface area contributed by atoms with Crippen LogP contribution in [-0.4, -0.2) is 20.4 Å². The molecule has 1 aliphatic heterocycles. The monoisotopic (exact) mass is 242 g/mol. The van der Waals surface area contributed by atoms with Gasteiger partial charge in [-0.15, -0.1) is 0 Å². The number of aryl methyl sites for hydroxylation is 1. The molecular weight excluding hydrogens is 228 g/mol. The van der Waals surface area contributed by atoms with Gasteiger partial charge in [-0.2, -0.15) is 0 Å². The minimum Gasteiger partial charge on any atom is -0.335 e. The zero-order valence-electron chi connectivity index (χ0n) is 9.91. The Morgan fingerprint density at radius 1 is 1.44 bits per heavy atom. The van der Waals surface area contributed by atoms with E-state index in [1.165, 1.54) is 0 Å². The van der Waals surface area contributed by atoms with E-state index in [9.17, 15) is 4.79 Å². The number of nitrogens with one attached hydrogen (secondary N) is 1. The minimum absolute atomic E-state index is 0.0104. The topological polar surface area (TPSA) is 59.8 Å². The highest BCUT2D eigenvalue weighted by molar-refractivity contribution is 5.91. The van der Waals surface area contributed by atoms with Gasteiger partial charge in [-0.3, -0.25) is 4.79 Å². The van der Waals surface area contributed by atoms with E-state index in [0.29, 0.717) is 5.82 Å². The van der Waals surface area contributed by atoms with Crippen LogP contribution in [0.3, 0.4) is 0 Å². The largest absolute Gasteiger partial charge is 0.335 e. The normalized spacial score (nSPS) is 18.1. The molecule has 0 saturated carbocycles. The van der Waals surface area contributed by atoms with E-state index >= 15 is 0 Å². The van der Waals surface area contributed by atoms with E-state index in [1.54, 1.807) is 12.3 Å². The van der Waals surface area contributed by atoms with E-state index in [4.69, 9.17) is 0 Å². The summed E-state index contributed by atoms with van der Waals surface area (Å²) in [4.78, 5) is 20.3. The predicted molar refractivity (Wildman–Crippen MR) is 66.9 cm³/mol. The van der Waals surface area contributed by atoms with E-state index in [-0.39, 0.29) is 11.8 Å². The second-order valence-corrected chi connectivity index (χ2v) is 4.47. The van der Waals surface area contributed by atoms with Crippen molar-refractivity contribution in [2.24, 2.45) is 5.92 Å². The Bertz CT molecular complexity index is 549. The van der Waals surface area contributed by atoms with Crippen molar-refractivity contribution >= 4 is 11.7 Å². The van der Waals surface area contributed by atoms with Crippen molar-refractivity contribution in [3.8, 4) is 0 Å². The molecule has 5 nitrogen and oxygen atoms in total. The molecule has 1 atom stereocenters. The number of fused-ring (bicyclic) bond motifs is 1. The number of aromatic nitrogens is 3. The first-order chi connectivity index (χ1) is 8.83. The number of carbonyl (C=O) groups excluding carboxylic acids is 1. The molecule has 2 aromatic rings. The van der Waals surface area contributed by atoms with Gasteiger partial charge in [-0.25, -0.2) is 9.97 Å². The second kappa shape index (κ2) is 4.60. The molecular formula is C13H14N4O. The lowest BCUT2D eigenvalue weighted by molar-refractivity contribution is -0.120. The number of anilines is 1. The Morgan fingerprint density at radius 3 is 3.22 bits per heavy atom. The van der Waals surface area contributed by atoms with Crippen molar-refractivity contribution in [1.29, 1.82) is 0 Å². The zero-order valence-corrected chi connectivity index (χ0v) is 9.91. The van der Waals surface area contributed by atoms with E-state index in [2.05, 4.69) is 19.9 Å². The average Bonchev–Trinajstić information content (AvgIpc) is 2.87. The first-order valence-electron chi connectivity index (χ1n) is 6.04. The molecule has 2 aromatic heterocycles. The molecule has 0 spiro atoms. The minimum atomic E-state index is 0.0104. The smallest absolute Gasteiger partial charge is 0.229 e. The average molecular weight is 242 g/mol. The Labute approximate surface area is 105 Å². The van der Waals surface area contributed by atoms with Crippen molar-refractivity contribution in [2.75, 3.05) is 5.32 Å². The first-order valence-corrected chi connectivity index (χ1v) is 6.04. The molecule has 0 aromatic carbocycles. The highest BCUT2D eigenvalue weighted by Gasteiger charge is 2.24. The van der Waals surface area contributed by atoms with Crippen LogP contribution in [0.25, 0.3) is 0 Å². The third-order valence-corrected chi connectivity index (χ3v) is 3.26. The summed E-state index contributed by atoms with van der Waals surface area (Å²) in [6.07, 6.45) is 6.93. The zero-order chi connectivity index (χ0) is 12.4. The summed E-state index contributed by atoms with van der Waals surface area (Å²) in [5.41, 5.74) is 1.13. The number of hydrogen-bond acceptors (Lipinski definition) is 3. The Kier molecular flexibility index (Phi) is 2.80. The molecule has 3 heterocycles. The summed E-state index contributed by atoms with van der Waals surface area (Å²) in [5.74, 6) is 0.666. The standard InChI is InChI=1S/C13H14N4O/c18-13(16-12-3-1-2-5-15-12)10-4-6-17-9-14-8-11(17)7-10/h1-3,5,8-10H,4,6-7H2,(H,15,16,18). The van der Waals surface area contributed by atoms with E-state index < -0.39 is 0 Å². The number of carbonyl (C=O) groups is 1. The molecule has 3 rings (SSSR count). The van der Waals surface area contributed by atoms with Crippen molar-refractivity contribution in [3.05, 3.63) is 42.6 Å². The summed E-state index contributed by atoms with van der Waals surface area (Å²) in [7, 11) is 0. The SMILES string of the molecule is O=C(Nc1ccccn1)C1CCn2cncc2C1. The maximum atomic E-state index is 12.1. The third-order valence-electron chi connectivity index (χ3n) is 3.26. The summed E-state index contributed by atoms with van der Waals surface area (Å²) in [5, 5.41) is 2.85. The van der Waals surface area contributed by atoms with Crippen molar-refractivity contribution in [3.63, 3.8) is 0 Å². The third kappa shape index (κ3) is 2.11. The fourth-order valence-corrected chi connectivity index (χ4v) is 2.26. The fraction of sp³-hybridized carbons (Fsp3) is 0.308. The predicted octanol–water partition coefficient (Wildman–Crippen LogP) is 1.48. The van der Waals surface area contributed by atoms with Crippen LogP contribution in [0.1, 0.15) is 12.1 Å². The summed E-state index contributed by atoms with van der Waals surface area (Å²) in [6.45, 7) is 0.857. The van der Waals surface area contributed by atoms with Gasteiger partial charge >= 0.3 is 0 Å². The van der Waals surface area contributed by atoms with Gasteiger partial charge in [-0.1, -0.05) is 6.07 Å². The van der Waals surface area contributed by atoms with Crippen LogP contribution in [0.15, 0.2) is 36.9 Å². The molecule has 92 valence electrons. The fourth-order valence-electron chi connectivity index (χ4n) is 2.26. The van der Waals surface area contributed by atoms with Gasteiger partial charge in [0.05, 0.1) is 6.33 Å². The molecule has 0 fully saturated rings. The molecule has 1 amide bonds. The molecule has 1 unspecified atom stereocenters. The molecule has 1 aliphatic rings. The van der Waals surface area contributed by atoms with Gasteiger partial charge in [-0.05, 0) is 18.6 Å². The number of pyridine rings is 1. The highest BCUT2D eigenvalue weighted by atomic mass is 16.1. The Balaban J connectivity index is 1.68. The second-order valence-electron chi connectivity index (χ2n) is 4.47. The van der Waals surface area contributed by atoms with Gasteiger partial charge in [0, 0.05) is 37.0 Å². The number of hydrogen-bond donors (Lipinski definition) is 1. The quantitative estimate of drug-likeness (QED) is 0.867. The first kappa shape index (κ1) is 11.0. The van der Waals surface area contributed by atoms with Gasteiger partial charge in [0.1, 0.15) is 5.82 Å². The Hall–Kier alpha value is -2.17. The van der Waals surface area contributed by atoms with Gasteiger partial charge in [0.2, 0.25) is 5.91 Å². The lowest BCUT2D eigenvalue weighted by atomic mass is 9.95. The van der Waals surface area contributed by atoms with E-state index in [1.807, 2.05) is 24.7 Å². The Morgan fingerprint density at radius 2 is 2.39 bits per heavy atom. The van der Waals surface area contributed by atoms with Crippen LogP contribution >= 0.6 is 0 Å². The van der Waals surface area contributed by atoms with Crippen molar-refractivity contribution in [2.45, 2.75) is 19.4 Å². The van der Waals surface area contributed by atoms with E-state index in [0.717, 1.165) is 25.1 Å². The summed E-state index contributed by atoms with van der Waals surface area (Å²) < 4.78 is 2.10. The molecule has 0 aliphatic carbocycles. The maximum absolute atomic E-state index is 12.1. The molecule has 0 bridgehead atoms. The number of nitrogens with zero attached hydrogens (tertiary/aromatic N) is 3. The van der Waals surface area contributed by atoms with Crippen LogP contribution in [-0.2, 0) is 17.8 Å². The van der Waals surface area contributed by atoms with Crippen LogP contribution in [0, 0.1) is 5.92 Å². The highest BCUT2D eigenvalue weighted by Crippen LogP contribution is 2.21. The summed E-state index contributed by atoms with van der Waals surface area (Å²) in [6, 6.07) is 5.48. The number of amides is 1. The van der Waals surface area contributed by atoms with Crippen LogP contribution in [0.5, 0.6) is 0 Å². The molecule has 18 heavy (non-hydrogen) atoms. The van der Waals surface area contributed by atoms with Crippen molar-refractivity contribution < 1.29 is 4.79 Å². The van der Waals surface area contributed by atoms with Crippen molar-refractivity contribution in [1.82, 2.24) is 14.5 Å². The number of rotatable bonds is 2. The van der Waals surface area contributed by atoms with Crippen LogP contribution in [0.2, 0.25) is 0 Å². The number of imidazole rings is 1. The molecule has 1 N–H and O–H groups in total. The molecule has 0 saturated heterocycles. The maximum Gasteiger partial charge on any atom is 0.229 e. The summed E-state index contributed by atoms with van der Waals surface area (Å²) >= 11 is 0. The lowest BCUT2D eigenvalue weighted by Gasteiger charge is -2.22. The van der Waals surface area contributed by atoms with Crippen LogP contribution < -0.4 is 5.32 Å². The van der Waals surface area contributed by atoms with Crippen LogP contribution in [0.4, 0.5) is 5.82 Å².